The van der Waals surface area contributed by atoms with Crippen molar-refractivity contribution in [2.75, 3.05) is 6.61 Å². The average molecular weight is 237 g/mol. The maximum absolute atomic E-state index is 10.9. The minimum atomic E-state index is -2.46. The molecule has 0 unspecified atom stereocenters. The van der Waals surface area contributed by atoms with Crippen molar-refractivity contribution in [3.63, 3.8) is 0 Å². The third kappa shape index (κ3) is 6.44. The van der Waals surface area contributed by atoms with Crippen LogP contribution in [-0.4, -0.2) is 26.8 Å². The molecule has 0 saturated heterocycles. The number of hydrogen-bond acceptors (Lipinski definition) is 2. The van der Waals surface area contributed by atoms with Gasteiger partial charge in [0, 0.05) is 0 Å². The summed E-state index contributed by atoms with van der Waals surface area (Å²) in [5.41, 5.74) is 0. The van der Waals surface area contributed by atoms with Gasteiger partial charge in [-0.05, 0) is 0 Å². The van der Waals surface area contributed by atoms with Gasteiger partial charge in [0.15, 0.2) is 0 Å². The Morgan fingerprint density at radius 1 is 1.44 bits per heavy atom. The molecule has 0 rings (SSSR count). The van der Waals surface area contributed by atoms with Gasteiger partial charge in [0.25, 0.3) is 0 Å². The van der Waals surface area contributed by atoms with Crippen LogP contribution < -0.4 is 0 Å². The average Bonchev–Trinajstić information content (AvgIpc) is 1.85. The van der Waals surface area contributed by atoms with Crippen LogP contribution >= 0.6 is 0 Å². The summed E-state index contributed by atoms with van der Waals surface area (Å²) in [6, 6.07) is 0. The number of unbranched alkanes of at least 4 members (excludes halogenated alkanes) is 1. The van der Waals surface area contributed by atoms with Crippen LogP contribution in [-0.2, 0) is 6.15 Å². The van der Waals surface area contributed by atoms with Gasteiger partial charge in [-0.1, -0.05) is 0 Å². The third-order valence-corrected chi connectivity index (χ3v) is 4.96. The van der Waals surface area contributed by atoms with E-state index in [1.165, 1.54) is 0 Å². The zero-order valence-electron chi connectivity index (χ0n) is 6.14. The topological polar surface area (TPSA) is 26.3 Å². The molecule has 0 aliphatic heterocycles. The normalized spacial score (nSPS) is 9.56. The van der Waals surface area contributed by atoms with Crippen LogP contribution in [0, 0.1) is 0 Å². The van der Waals surface area contributed by atoms with Crippen molar-refractivity contribution in [1.29, 1.82) is 0 Å². The number of rotatable bonds is 5. The van der Waals surface area contributed by atoms with E-state index in [-0.39, 0.29) is 0 Å². The number of hydrogen-bond donors (Lipinski definition) is 0. The Morgan fingerprint density at radius 3 is 2.56 bits per heavy atom. The van der Waals surface area contributed by atoms with Gasteiger partial charge >= 0.3 is 64.0 Å². The summed E-state index contributed by atoms with van der Waals surface area (Å²) in [4.78, 5) is 0. The summed E-state index contributed by atoms with van der Waals surface area (Å²) in [6.45, 7) is 4.62. The maximum atomic E-state index is 10.9. The third-order valence-electron chi connectivity index (χ3n) is 1.04. The van der Waals surface area contributed by atoms with Crippen molar-refractivity contribution in [3.8, 4) is 0 Å². The monoisotopic (exact) mass is 238 g/mol. The molecule has 0 bridgehead atoms. The van der Waals surface area contributed by atoms with Crippen LogP contribution in [0.15, 0.2) is 0 Å². The first kappa shape index (κ1) is 9.56. The predicted octanol–water partition coefficient (Wildman–Crippen LogP) is 1.74. The second kappa shape index (κ2) is 6.68. The molecule has 0 heterocycles. The van der Waals surface area contributed by atoms with E-state index in [9.17, 15) is 3.08 Å². The molecule has 0 aromatic heterocycles. The Kier molecular flexibility index (Phi) is 7.09. The molecular weight excluding hydrogens is 223 g/mol. The van der Waals surface area contributed by atoms with Gasteiger partial charge in [-0.25, -0.2) is 0 Å². The van der Waals surface area contributed by atoms with E-state index in [0.717, 1.165) is 17.3 Å². The molecule has 2 nitrogen and oxygen atoms in total. The van der Waals surface area contributed by atoms with E-state index in [4.69, 9.17) is 3.07 Å². The molecule has 3 heteroatoms. The van der Waals surface area contributed by atoms with Gasteiger partial charge < -0.3 is 0 Å². The van der Waals surface area contributed by atoms with Crippen LogP contribution in [0.5, 0.6) is 0 Å². The quantitative estimate of drug-likeness (QED) is 0.680. The van der Waals surface area contributed by atoms with E-state index in [2.05, 4.69) is 6.92 Å². The van der Waals surface area contributed by atoms with E-state index >= 15 is 0 Å². The summed E-state index contributed by atoms with van der Waals surface area (Å²) < 4.78 is 16.7. The Labute approximate surface area is 64.3 Å². The molecule has 0 aliphatic rings. The zero-order valence-corrected chi connectivity index (χ0v) is 9.00. The van der Waals surface area contributed by atoms with E-state index in [1.54, 1.807) is 0 Å². The standard InChI is InChI=1S/C4H9.C2H5O.O.Sn/c1-3-4-2;1-2-3;;/h1,3-4H2,2H3;2H2,1H3;;/q;-1;;+1. The molecule has 0 spiro atoms. The Bertz CT molecular complexity index is 83.1. The first-order chi connectivity index (χ1) is 4.31. The van der Waals surface area contributed by atoms with Gasteiger partial charge in [-0.2, -0.15) is 0 Å². The second-order valence-corrected chi connectivity index (χ2v) is 6.28. The zero-order chi connectivity index (χ0) is 7.11. The van der Waals surface area contributed by atoms with Crippen molar-refractivity contribution >= 4 is 20.2 Å². The Hall–Kier alpha value is 0.559. The summed E-state index contributed by atoms with van der Waals surface area (Å²) in [7, 11) is 0. The van der Waals surface area contributed by atoms with Gasteiger partial charge in [0.05, 0.1) is 0 Å². The van der Waals surface area contributed by atoms with E-state index < -0.39 is 20.2 Å². The molecule has 0 N–H and O–H groups in total. The molecule has 54 valence electrons. The van der Waals surface area contributed by atoms with Crippen molar-refractivity contribution < 1.29 is 6.15 Å². The van der Waals surface area contributed by atoms with E-state index in [0.29, 0.717) is 6.61 Å². The van der Waals surface area contributed by atoms with Crippen LogP contribution in [0.25, 0.3) is 0 Å². The molecule has 0 amide bonds. The fourth-order valence-electron chi connectivity index (χ4n) is 0.554. The summed E-state index contributed by atoms with van der Waals surface area (Å²) in [6.07, 6.45) is 2.19. The SMILES string of the molecule is CCC[CH2][Sn](=[O])[O]CC. The molecular formula is C6H14O2Sn. The molecule has 0 aromatic carbocycles. The van der Waals surface area contributed by atoms with Crippen LogP contribution in [0.4, 0.5) is 0 Å². The van der Waals surface area contributed by atoms with Gasteiger partial charge in [-0.15, -0.1) is 0 Å². The van der Waals surface area contributed by atoms with Gasteiger partial charge in [-0.3, -0.25) is 0 Å². The second-order valence-electron chi connectivity index (χ2n) is 1.91. The predicted molar refractivity (Wildman–Crippen MR) is 37.8 cm³/mol. The molecule has 0 atom stereocenters. The van der Waals surface area contributed by atoms with Gasteiger partial charge in [0.2, 0.25) is 0 Å². The summed E-state index contributed by atoms with van der Waals surface area (Å²) >= 11 is -2.46. The van der Waals surface area contributed by atoms with Crippen molar-refractivity contribution in [2.45, 2.75) is 31.1 Å². The molecule has 0 radical (unpaired) electrons. The first-order valence-electron chi connectivity index (χ1n) is 3.46. The van der Waals surface area contributed by atoms with Gasteiger partial charge in [0.1, 0.15) is 0 Å². The van der Waals surface area contributed by atoms with E-state index in [1.807, 2.05) is 6.92 Å². The summed E-state index contributed by atoms with van der Waals surface area (Å²) in [5.74, 6) is 0. The fraction of sp³-hybridized carbons (Fsp3) is 1.00. The molecule has 0 aromatic rings. The molecule has 0 aliphatic carbocycles. The molecule has 0 fully saturated rings. The molecule has 9 heavy (non-hydrogen) atoms. The van der Waals surface area contributed by atoms with Crippen LogP contribution in [0.1, 0.15) is 26.7 Å². The Morgan fingerprint density at radius 2 is 2.11 bits per heavy atom. The van der Waals surface area contributed by atoms with Crippen molar-refractivity contribution in [1.82, 2.24) is 0 Å². The van der Waals surface area contributed by atoms with Crippen LogP contribution in [0.3, 0.4) is 0 Å². The van der Waals surface area contributed by atoms with Crippen molar-refractivity contribution in [3.05, 3.63) is 0 Å². The van der Waals surface area contributed by atoms with Crippen LogP contribution in [0.2, 0.25) is 4.44 Å². The Balaban J connectivity index is 3.06. The minimum absolute atomic E-state index is 0.627. The fourth-order valence-corrected chi connectivity index (χ4v) is 3.72. The molecule has 0 saturated carbocycles. The van der Waals surface area contributed by atoms with Crippen molar-refractivity contribution in [2.24, 2.45) is 0 Å². The first-order valence-corrected chi connectivity index (χ1v) is 7.81. The summed E-state index contributed by atoms with van der Waals surface area (Å²) in [5, 5.41) is 0.